The summed E-state index contributed by atoms with van der Waals surface area (Å²) in [4.78, 5) is 29.8. The normalized spacial score (nSPS) is 11.7. The molecule has 0 saturated carbocycles. The second-order valence-corrected chi connectivity index (χ2v) is 4.33. The summed E-state index contributed by atoms with van der Waals surface area (Å²) in [5.74, 6) is -0.864. The lowest BCUT2D eigenvalue weighted by Gasteiger charge is -2.14. The molecule has 0 aliphatic carbocycles. The van der Waals surface area contributed by atoms with Gasteiger partial charge in [-0.3, -0.25) is 0 Å². The minimum Gasteiger partial charge on any atom is -0.508 e. The van der Waals surface area contributed by atoms with Crippen LogP contribution in [0.1, 0.15) is 29.1 Å². The summed E-state index contributed by atoms with van der Waals surface area (Å²) in [5.41, 5.74) is -0.111. The summed E-state index contributed by atoms with van der Waals surface area (Å²) >= 11 is 0. The van der Waals surface area contributed by atoms with Crippen molar-refractivity contribution in [3.63, 3.8) is 0 Å². The van der Waals surface area contributed by atoms with Crippen LogP contribution in [0, 0.1) is 0 Å². The average molecular weight is 290 g/mol. The van der Waals surface area contributed by atoms with Crippen molar-refractivity contribution in [3.8, 4) is 5.75 Å². The first-order valence-electron chi connectivity index (χ1n) is 6.10. The molecule has 2 aromatic rings. The maximum Gasteiger partial charge on any atom is 0.337 e. The summed E-state index contributed by atoms with van der Waals surface area (Å²) in [6.07, 6.45) is 3.20. The molecule has 1 aromatic heterocycles. The molecule has 8 nitrogen and oxygen atoms in total. The van der Waals surface area contributed by atoms with Gasteiger partial charge in [0, 0.05) is 12.4 Å². The van der Waals surface area contributed by atoms with Crippen LogP contribution in [0.25, 0.3) is 0 Å². The van der Waals surface area contributed by atoms with Crippen molar-refractivity contribution in [2.45, 2.75) is 13.0 Å². The van der Waals surface area contributed by atoms with Crippen molar-refractivity contribution in [2.24, 2.45) is 0 Å². The lowest BCUT2D eigenvalue weighted by molar-refractivity contribution is 0.0697. The summed E-state index contributed by atoms with van der Waals surface area (Å²) < 4.78 is 0. The highest BCUT2D eigenvalue weighted by atomic mass is 16.4. The lowest BCUT2D eigenvalue weighted by Crippen LogP contribution is -2.32. The second kappa shape index (κ2) is 5.95. The Labute approximate surface area is 119 Å². The number of carboxylic acids is 1. The molecule has 1 unspecified atom stereocenters. The van der Waals surface area contributed by atoms with Crippen molar-refractivity contribution >= 4 is 17.7 Å². The van der Waals surface area contributed by atoms with E-state index in [2.05, 4.69) is 20.6 Å². The van der Waals surface area contributed by atoms with E-state index in [1.165, 1.54) is 12.1 Å². The lowest BCUT2D eigenvalue weighted by atomic mass is 10.1. The van der Waals surface area contributed by atoms with Crippen LogP contribution < -0.4 is 10.6 Å². The molecule has 1 aromatic carbocycles. The second-order valence-electron chi connectivity index (χ2n) is 4.33. The SMILES string of the molecule is CC(NC(=O)Nc1ccc(O)cc1C(=O)O)c1ncc[nH]1. The molecule has 110 valence electrons. The van der Waals surface area contributed by atoms with Gasteiger partial charge in [-0.25, -0.2) is 14.6 Å². The van der Waals surface area contributed by atoms with Gasteiger partial charge in [0.05, 0.1) is 17.3 Å². The van der Waals surface area contributed by atoms with E-state index in [0.717, 1.165) is 6.07 Å². The molecule has 0 saturated heterocycles. The molecule has 8 heteroatoms. The number of rotatable bonds is 4. The standard InChI is InChI=1S/C13H14N4O4/c1-7(11-14-4-5-15-11)16-13(21)17-10-3-2-8(18)6-9(10)12(19)20/h2-7,18H,1H3,(H,14,15)(H,19,20)(H2,16,17,21). The van der Waals surface area contributed by atoms with E-state index in [4.69, 9.17) is 5.11 Å². The first-order valence-corrected chi connectivity index (χ1v) is 6.10. The number of hydrogen-bond donors (Lipinski definition) is 5. The van der Waals surface area contributed by atoms with E-state index in [1.807, 2.05) is 0 Å². The van der Waals surface area contributed by atoms with E-state index in [1.54, 1.807) is 19.3 Å². The van der Waals surface area contributed by atoms with Gasteiger partial charge in [0.25, 0.3) is 0 Å². The van der Waals surface area contributed by atoms with Crippen LogP contribution in [-0.2, 0) is 0 Å². The van der Waals surface area contributed by atoms with Crippen LogP contribution in [0.5, 0.6) is 5.75 Å². The molecule has 1 heterocycles. The first-order chi connectivity index (χ1) is 9.97. The van der Waals surface area contributed by atoms with Crippen molar-refractivity contribution in [2.75, 3.05) is 5.32 Å². The zero-order valence-corrected chi connectivity index (χ0v) is 11.1. The summed E-state index contributed by atoms with van der Waals surface area (Å²) in [6.45, 7) is 1.73. The van der Waals surface area contributed by atoms with Crippen molar-refractivity contribution in [1.29, 1.82) is 0 Å². The van der Waals surface area contributed by atoms with Gasteiger partial charge in [0.1, 0.15) is 11.6 Å². The molecule has 0 bridgehead atoms. The number of aromatic nitrogens is 2. The molecule has 0 radical (unpaired) electrons. The predicted molar refractivity (Wildman–Crippen MR) is 74.2 cm³/mol. The number of amides is 2. The average Bonchev–Trinajstić information content (AvgIpc) is 2.94. The van der Waals surface area contributed by atoms with Gasteiger partial charge >= 0.3 is 12.0 Å². The highest BCUT2D eigenvalue weighted by Gasteiger charge is 2.15. The Kier molecular flexibility index (Phi) is 4.07. The number of phenols is 1. The van der Waals surface area contributed by atoms with E-state index in [0.29, 0.717) is 5.82 Å². The van der Waals surface area contributed by atoms with Gasteiger partial charge < -0.3 is 25.8 Å². The zero-order valence-electron chi connectivity index (χ0n) is 11.1. The third kappa shape index (κ3) is 3.50. The Morgan fingerprint density at radius 3 is 2.76 bits per heavy atom. The predicted octanol–water partition coefficient (Wildman–Crippen LogP) is 1.70. The van der Waals surface area contributed by atoms with E-state index < -0.39 is 12.0 Å². The Morgan fingerprint density at radius 1 is 1.38 bits per heavy atom. The minimum atomic E-state index is -1.25. The van der Waals surface area contributed by atoms with Crippen molar-refractivity contribution in [3.05, 3.63) is 42.0 Å². The highest BCUT2D eigenvalue weighted by Crippen LogP contribution is 2.21. The van der Waals surface area contributed by atoms with E-state index >= 15 is 0 Å². The molecule has 1 atom stereocenters. The number of nitrogens with one attached hydrogen (secondary N) is 3. The number of phenolic OH excluding ortho intramolecular Hbond substituents is 1. The number of benzene rings is 1. The fourth-order valence-corrected chi connectivity index (χ4v) is 1.76. The van der Waals surface area contributed by atoms with Crippen LogP contribution in [0.2, 0.25) is 0 Å². The minimum absolute atomic E-state index is 0.0874. The zero-order chi connectivity index (χ0) is 15.4. The Morgan fingerprint density at radius 2 is 2.14 bits per heavy atom. The molecule has 0 aliphatic heterocycles. The van der Waals surface area contributed by atoms with E-state index in [-0.39, 0.29) is 23.0 Å². The Hall–Kier alpha value is -3.03. The topological polar surface area (TPSA) is 127 Å². The monoisotopic (exact) mass is 290 g/mol. The molecule has 0 aliphatic rings. The summed E-state index contributed by atoms with van der Waals surface area (Å²) in [6, 6.07) is 2.72. The van der Waals surface area contributed by atoms with Gasteiger partial charge in [-0.2, -0.15) is 0 Å². The third-order valence-corrected chi connectivity index (χ3v) is 2.76. The fraction of sp³-hybridized carbons (Fsp3) is 0.154. The van der Waals surface area contributed by atoms with Crippen molar-refractivity contribution in [1.82, 2.24) is 15.3 Å². The summed E-state index contributed by atoms with van der Waals surface area (Å²) in [7, 11) is 0. The van der Waals surface area contributed by atoms with Crippen LogP contribution in [0.3, 0.4) is 0 Å². The summed E-state index contributed by atoms with van der Waals surface area (Å²) in [5, 5.41) is 23.4. The van der Waals surface area contributed by atoms with Crippen LogP contribution in [0.4, 0.5) is 10.5 Å². The molecule has 21 heavy (non-hydrogen) atoms. The molecule has 0 fully saturated rings. The van der Waals surface area contributed by atoms with Crippen LogP contribution in [0.15, 0.2) is 30.6 Å². The number of urea groups is 1. The number of anilines is 1. The van der Waals surface area contributed by atoms with Gasteiger partial charge in [-0.05, 0) is 25.1 Å². The van der Waals surface area contributed by atoms with Gasteiger partial charge in [-0.15, -0.1) is 0 Å². The number of nitrogens with zero attached hydrogens (tertiary/aromatic N) is 1. The molecular weight excluding hydrogens is 276 g/mol. The van der Waals surface area contributed by atoms with Gasteiger partial charge in [0.2, 0.25) is 0 Å². The Balaban J connectivity index is 2.08. The molecular formula is C13H14N4O4. The maximum absolute atomic E-state index is 11.9. The number of aromatic hydroxyl groups is 1. The number of carbonyl (C=O) groups excluding carboxylic acids is 1. The first kappa shape index (κ1) is 14.4. The molecule has 2 rings (SSSR count). The largest absolute Gasteiger partial charge is 0.508 e. The quantitative estimate of drug-likeness (QED) is 0.547. The van der Waals surface area contributed by atoms with Crippen LogP contribution in [-0.4, -0.2) is 32.2 Å². The van der Waals surface area contributed by atoms with Gasteiger partial charge in [-0.1, -0.05) is 0 Å². The molecule has 2 amide bonds. The Bertz CT molecular complexity index is 654. The number of hydrogen-bond acceptors (Lipinski definition) is 4. The smallest absolute Gasteiger partial charge is 0.337 e. The number of aromatic carboxylic acids is 1. The number of imidazole rings is 1. The molecule has 5 N–H and O–H groups in total. The number of carboxylic acid groups (broad SMARTS) is 1. The number of aromatic amines is 1. The van der Waals surface area contributed by atoms with Gasteiger partial charge in [0.15, 0.2) is 0 Å². The molecule has 0 spiro atoms. The van der Waals surface area contributed by atoms with Crippen LogP contribution >= 0.6 is 0 Å². The van der Waals surface area contributed by atoms with E-state index in [9.17, 15) is 14.7 Å². The highest BCUT2D eigenvalue weighted by molar-refractivity contribution is 6.00. The fourth-order valence-electron chi connectivity index (χ4n) is 1.76. The van der Waals surface area contributed by atoms with Crippen molar-refractivity contribution < 1.29 is 19.8 Å². The number of H-pyrrole nitrogens is 1. The maximum atomic E-state index is 11.9. The third-order valence-electron chi connectivity index (χ3n) is 2.76. The number of carbonyl (C=O) groups is 2.